The van der Waals surface area contributed by atoms with Crippen LogP contribution in [-0.4, -0.2) is 91.6 Å². The molecule has 2 heterocycles. The zero-order chi connectivity index (χ0) is 33.5. The molecule has 0 saturated carbocycles. The summed E-state index contributed by atoms with van der Waals surface area (Å²) in [5.41, 5.74) is 3.02. The number of hydrogen-bond acceptors (Lipinski definition) is 7. The molecule has 10 nitrogen and oxygen atoms in total. The van der Waals surface area contributed by atoms with Crippen molar-refractivity contribution in [1.29, 1.82) is 0 Å². The van der Waals surface area contributed by atoms with Gasteiger partial charge in [-0.25, -0.2) is 18.6 Å². The first-order valence-corrected chi connectivity index (χ1v) is 14.6. The Balaban J connectivity index is 0.00000600. The molecule has 2 unspecified atom stereocenters. The second-order valence-corrected chi connectivity index (χ2v) is 11.1. The number of carbonyl (C=O) groups excluding carboxylic acids is 2. The third kappa shape index (κ3) is 9.33. The zero-order valence-electron chi connectivity index (χ0n) is 25.5. The predicted octanol–water partition coefficient (Wildman–Crippen LogP) is 4.99. The maximum absolute atomic E-state index is 14.2. The normalized spacial score (nSPS) is 12.3. The number of rotatable bonds is 13. The second kappa shape index (κ2) is 16.8. The van der Waals surface area contributed by atoms with E-state index in [1.165, 1.54) is 61.8 Å². The number of carboxylic acid groups (broad SMARTS) is 1. The number of aliphatic carboxylic acids is 1. The number of ether oxygens (including phenoxy) is 1. The van der Waals surface area contributed by atoms with Gasteiger partial charge >= 0.3 is 41.5 Å². The third-order valence-corrected chi connectivity index (χ3v) is 7.40. The van der Waals surface area contributed by atoms with E-state index >= 15 is 0 Å². The van der Waals surface area contributed by atoms with Crippen molar-refractivity contribution in [3.8, 4) is 22.3 Å². The van der Waals surface area contributed by atoms with Crippen LogP contribution < -0.4 is 5.32 Å². The van der Waals surface area contributed by atoms with E-state index in [2.05, 4.69) is 10.3 Å². The fraction of sp³-hybridized carbons (Fsp3) is 0.294. The minimum atomic E-state index is -1.25. The average molecular weight is 660 g/mol. The van der Waals surface area contributed by atoms with Crippen molar-refractivity contribution in [1.82, 2.24) is 9.55 Å². The van der Waals surface area contributed by atoms with Gasteiger partial charge in [-0.15, -0.1) is 0 Å². The monoisotopic (exact) mass is 659 g/mol. The van der Waals surface area contributed by atoms with Gasteiger partial charge in [-0.2, -0.15) is 0 Å². The van der Waals surface area contributed by atoms with E-state index < -0.39 is 48.1 Å². The fourth-order valence-electron chi connectivity index (χ4n) is 5.40. The van der Waals surface area contributed by atoms with Crippen LogP contribution in [0.3, 0.4) is 0 Å². The first-order chi connectivity index (χ1) is 21.9. The van der Waals surface area contributed by atoms with Crippen molar-refractivity contribution in [2.75, 3.05) is 12.4 Å². The number of anilines is 1. The number of benzene rings is 2. The summed E-state index contributed by atoms with van der Waals surface area (Å²) in [6.45, 7) is 3.72. The van der Waals surface area contributed by atoms with Gasteiger partial charge in [-0.1, -0.05) is 24.3 Å². The molecule has 4 N–H and O–H groups in total. The number of carbonyl (C=O) groups is 3. The van der Waals surface area contributed by atoms with Gasteiger partial charge in [-0.3, -0.25) is 9.59 Å². The molecule has 2 aromatic heterocycles. The van der Waals surface area contributed by atoms with Gasteiger partial charge in [0.05, 0.1) is 31.3 Å². The van der Waals surface area contributed by atoms with E-state index in [0.717, 1.165) is 0 Å². The van der Waals surface area contributed by atoms with E-state index in [1.807, 2.05) is 13.8 Å². The van der Waals surface area contributed by atoms with Crippen molar-refractivity contribution in [3.63, 3.8) is 0 Å². The Morgan fingerprint density at radius 2 is 1.47 bits per heavy atom. The van der Waals surface area contributed by atoms with E-state index in [4.69, 9.17) is 9.84 Å². The van der Waals surface area contributed by atoms with Gasteiger partial charge in [0.1, 0.15) is 23.1 Å². The summed E-state index contributed by atoms with van der Waals surface area (Å²) in [4.78, 5) is 41.2. The fourth-order valence-corrected chi connectivity index (χ4v) is 5.40. The molecule has 244 valence electrons. The SMILES string of the molecule is COC(=O)c1ccc(NC(=O)c2c(-c3ccc(F)cc3)c(-c3ccc(F)cc3)c(CCC(O)CC(O)CC(=O)O)n2C(C)C)nc1.[NaH]. The summed E-state index contributed by atoms with van der Waals surface area (Å²) in [7, 11) is 1.24. The molecule has 47 heavy (non-hydrogen) atoms. The molecular formula is C34H36F2N3NaO7. The van der Waals surface area contributed by atoms with Gasteiger partial charge in [0.15, 0.2) is 0 Å². The molecule has 2 aromatic carbocycles. The van der Waals surface area contributed by atoms with Crippen LogP contribution in [0.2, 0.25) is 0 Å². The number of hydrogen-bond donors (Lipinski definition) is 4. The summed E-state index contributed by atoms with van der Waals surface area (Å²) in [6, 6.07) is 13.9. The number of carboxylic acids is 1. The number of methoxy groups -OCH3 is 1. The Bertz CT molecular complexity index is 1690. The molecule has 2 atom stereocenters. The molecule has 0 fully saturated rings. The number of pyridine rings is 1. The molecular weight excluding hydrogens is 623 g/mol. The Morgan fingerprint density at radius 1 is 0.894 bits per heavy atom. The summed E-state index contributed by atoms with van der Waals surface area (Å²) < 4.78 is 34.7. The van der Waals surface area contributed by atoms with Gasteiger partial charge in [0, 0.05) is 29.1 Å². The quantitative estimate of drug-likeness (QED) is 0.116. The molecule has 4 rings (SSSR count). The van der Waals surface area contributed by atoms with Crippen molar-refractivity contribution in [2.24, 2.45) is 0 Å². The molecule has 1 amide bonds. The van der Waals surface area contributed by atoms with Crippen LogP contribution in [-0.2, 0) is 16.0 Å². The van der Waals surface area contributed by atoms with Crippen molar-refractivity contribution >= 4 is 53.2 Å². The third-order valence-electron chi connectivity index (χ3n) is 7.40. The molecule has 13 heteroatoms. The van der Waals surface area contributed by atoms with Crippen molar-refractivity contribution < 1.29 is 43.2 Å². The number of esters is 1. The number of aliphatic hydroxyl groups is 2. The van der Waals surface area contributed by atoms with Gasteiger partial charge in [0.25, 0.3) is 5.91 Å². The van der Waals surface area contributed by atoms with Crippen LogP contribution in [0, 0.1) is 11.6 Å². The van der Waals surface area contributed by atoms with Crippen LogP contribution >= 0.6 is 0 Å². The number of halogens is 2. The van der Waals surface area contributed by atoms with E-state index in [0.29, 0.717) is 27.9 Å². The first kappa shape index (κ1) is 37.5. The standard InChI is InChI=1S/C34H35F2N3O7.Na.H/c1-19(2)39-27(14-13-25(40)16-26(41)17-29(42)43)30(20-4-9-23(35)10-5-20)31(21-6-11-24(36)12-7-21)32(39)33(44)38-28-15-8-22(18-37-28)34(45)46-3;;/h4-12,15,18-19,25-26,40-41H,13-14,16-17H2,1-3H3,(H,42,43)(H,37,38,44);;. The number of amides is 1. The zero-order valence-corrected chi connectivity index (χ0v) is 25.5. The van der Waals surface area contributed by atoms with Gasteiger partial charge in [0.2, 0.25) is 0 Å². The summed E-state index contributed by atoms with van der Waals surface area (Å²) in [5, 5.41) is 32.6. The topological polar surface area (TPSA) is 151 Å². The van der Waals surface area contributed by atoms with Crippen molar-refractivity contribution in [2.45, 2.75) is 57.8 Å². The molecule has 0 radical (unpaired) electrons. The summed E-state index contributed by atoms with van der Waals surface area (Å²) in [5.74, 6) is -3.17. The van der Waals surface area contributed by atoms with E-state index in [1.54, 1.807) is 16.7 Å². The number of nitrogens with zero attached hydrogens (tertiary/aromatic N) is 2. The Kier molecular flexibility index (Phi) is 13.4. The molecule has 4 aromatic rings. The summed E-state index contributed by atoms with van der Waals surface area (Å²) >= 11 is 0. The van der Waals surface area contributed by atoms with Crippen LogP contribution in [0.25, 0.3) is 22.3 Å². The molecule has 0 spiro atoms. The second-order valence-electron chi connectivity index (χ2n) is 11.1. The maximum atomic E-state index is 14.2. The van der Waals surface area contributed by atoms with Gasteiger partial charge < -0.3 is 29.9 Å². The molecule has 0 aliphatic carbocycles. The number of aliphatic hydroxyl groups excluding tert-OH is 2. The predicted molar refractivity (Wildman–Crippen MR) is 173 cm³/mol. The van der Waals surface area contributed by atoms with Crippen LogP contribution in [0.15, 0.2) is 66.9 Å². The molecule has 0 saturated heterocycles. The number of aromatic nitrogens is 2. The summed E-state index contributed by atoms with van der Waals surface area (Å²) in [6.07, 6.45) is -1.48. The number of nitrogens with one attached hydrogen (secondary N) is 1. The van der Waals surface area contributed by atoms with E-state index in [9.17, 15) is 33.4 Å². The van der Waals surface area contributed by atoms with Crippen LogP contribution in [0.4, 0.5) is 14.6 Å². The van der Waals surface area contributed by atoms with Crippen LogP contribution in [0.5, 0.6) is 0 Å². The molecule has 0 aliphatic rings. The van der Waals surface area contributed by atoms with Gasteiger partial charge in [-0.05, 0) is 80.6 Å². The molecule has 0 bridgehead atoms. The average Bonchev–Trinajstić information content (AvgIpc) is 3.36. The molecule has 0 aliphatic heterocycles. The Hall–Kier alpha value is -3.94. The van der Waals surface area contributed by atoms with E-state index in [-0.39, 0.29) is 71.9 Å². The van der Waals surface area contributed by atoms with Crippen molar-refractivity contribution in [3.05, 3.63) is 95.4 Å². The Labute approximate surface area is 292 Å². The minimum absolute atomic E-state index is 0. The Morgan fingerprint density at radius 3 is 1.96 bits per heavy atom. The van der Waals surface area contributed by atoms with Crippen LogP contribution in [0.1, 0.15) is 65.7 Å². The first-order valence-electron chi connectivity index (χ1n) is 14.6.